The Labute approximate surface area is 175 Å². The second kappa shape index (κ2) is 7.92. The molecule has 0 atom stereocenters. The second-order valence-corrected chi connectivity index (χ2v) is 8.85. The summed E-state index contributed by atoms with van der Waals surface area (Å²) in [6.45, 7) is 11.1. The van der Waals surface area contributed by atoms with Crippen LogP contribution in [0.4, 0.5) is 5.69 Å². The average molecular weight is 440 g/mol. The maximum absolute atomic E-state index is 12.2. The SMILES string of the molecule is CC1=CC(C)(C)N(C(C)C)c2ccc(/C=N/NC(=O)c3cccc(Br)c3)cc21. The summed E-state index contributed by atoms with van der Waals surface area (Å²) in [4.78, 5) is 14.6. The van der Waals surface area contributed by atoms with E-state index in [-0.39, 0.29) is 11.4 Å². The highest BCUT2D eigenvalue weighted by atomic mass is 79.9. The molecule has 3 rings (SSSR count). The van der Waals surface area contributed by atoms with Crippen molar-refractivity contribution in [1.82, 2.24) is 5.43 Å². The first-order chi connectivity index (χ1) is 13.2. The number of hydrogen-bond donors (Lipinski definition) is 1. The molecular formula is C23H26BrN3O. The summed E-state index contributed by atoms with van der Waals surface area (Å²) in [6, 6.07) is 13.9. The van der Waals surface area contributed by atoms with Crippen LogP contribution in [0.2, 0.25) is 0 Å². The van der Waals surface area contributed by atoms with Gasteiger partial charge in [0, 0.05) is 27.3 Å². The van der Waals surface area contributed by atoms with Crippen LogP contribution in [0.3, 0.4) is 0 Å². The summed E-state index contributed by atoms with van der Waals surface area (Å²) < 4.78 is 0.860. The number of anilines is 1. The lowest BCUT2D eigenvalue weighted by atomic mass is 9.87. The lowest BCUT2D eigenvalue weighted by molar-refractivity contribution is 0.0955. The Balaban J connectivity index is 1.81. The van der Waals surface area contributed by atoms with Crippen LogP contribution in [0.1, 0.15) is 56.1 Å². The molecule has 0 spiro atoms. The van der Waals surface area contributed by atoms with Gasteiger partial charge in [-0.25, -0.2) is 5.43 Å². The van der Waals surface area contributed by atoms with E-state index in [0.717, 1.165) is 10.0 Å². The van der Waals surface area contributed by atoms with Crippen molar-refractivity contribution in [3.63, 3.8) is 0 Å². The van der Waals surface area contributed by atoms with Crippen molar-refractivity contribution in [1.29, 1.82) is 0 Å². The molecule has 4 nitrogen and oxygen atoms in total. The van der Waals surface area contributed by atoms with Gasteiger partial charge in [0.15, 0.2) is 0 Å². The van der Waals surface area contributed by atoms with Crippen LogP contribution in [0.25, 0.3) is 5.57 Å². The molecular weight excluding hydrogens is 414 g/mol. The zero-order chi connectivity index (χ0) is 20.5. The first-order valence-corrected chi connectivity index (χ1v) is 10.2. The van der Waals surface area contributed by atoms with Crippen molar-refractivity contribution in [3.8, 4) is 0 Å². The van der Waals surface area contributed by atoms with E-state index in [1.807, 2.05) is 18.2 Å². The molecule has 0 aromatic heterocycles. The Bertz CT molecular complexity index is 960. The van der Waals surface area contributed by atoms with Gasteiger partial charge in [-0.15, -0.1) is 0 Å². The normalized spacial score (nSPS) is 15.5. The van der Waals surface area contributed by atoms with Gasteiger partial charge in [-0.05, 0) is 76.1 Å². The summed E-state index contributed by atoms with van der Waals surface area (Å²) in [5.74, 6) is -0.237. The Morgan fingerprint density at radius 1 is 1.21 bits per heavy atom. The molecule has 0 radical (unpaired) electrons. The van der Waals surface area contributed by atoms with Gasteiger partial charge in [0.05, 0.1) is 11.8 Å². The van der Waals surface area contributed by atoms with Gasteiger partial charge in [-0.2, -0.15) is 5.10 Å². The topological polar surface area (TPSA) is 44.7 Å². The number of hydrazone groups is 1. The number of nitrogens with zero attached hydrogens (tertiary/aromatic N) is 2. The summed E-state index contributed by atoms with van der Waals surface area (Å²) >= 11 is 3.37. The van der Waals surface area contributed by atoms with Crippen LogP contribution < -0.4 is 10.3 Å². The maximum Gasteiger partial charge on any atom is 0.271 e. The zero-order valence-electron chi connectivity index (χ0n) is 17.0. The number of hydrogen-bond acceptors (Lipinski definition) is 3. The molecule has 2 aromatic carbocycles. The summed E-state index contributed by atoms with van der Waals surface area (Å²) in [7, 11) is 0. The molecule has 1 amide bonds. The Hall–Kier alpha value is -2.40. The number of nitrogens with one attached hydrogen (secondary N) is 1. The standard InChI is InChI=1S/C23H26BrN3O/c1-15(2)27-21-10-9-17(11-20(21)16(3)13-23(27,4)5)14-25-26-22(28)18-7-6-8-19(24)12-18/h6-15H,1-5H3,(H,26,28)/b25-14+. The lowest BCUT2D eigenvalue weighted by Crippen LogP contribution is -2.49. The number of fused-ring (bicyclic) bond motifs is 1. The van der Waals surface area contributed by atoms with Gasteiger partial charge < -0.3 is 4.90 Å². The number of rotatable bonds is 4. The van der Waals surface area contributed by atoms with Gasteiger partial charge in [-0.3, -0.25) is 4.79 Å². The average Bonchev–Trinajstić information content (AvgIpc) is 2.61. The van der Waals surface area contributed by atoms with Crippen molar-refractivity contribution in [2.24, 2.45) is 5.10 Å². The van der Waals surface area contributed by atoms with Crippen molar-refractivity contribution >= 4 is 39.3 Å². The first-order valence-electron chi connectivity index (χ1n) is 9.41. The Morgan fingerprint density at radius 3 is 2.64 bits per heavy atom. The first kappa shape index (κ1) is 20.3. The molecule has 146 valence electrons. The molecule has 0 bridgehead atoms. The van der Waals surface area contributed by atoms with E-state index >= 15 is 0 Å². The molecule has 1 N–H and O–H groups in total. The van der Waals surface area contributed by atoms with Crippen LogP contribution in [0, 0.1) is 0 Å². The van der Waals surface area contributed by atoms with Crippen LogP contribution >= 0.6 is 15.9 Å². The van der Waals surface area contributed by atoms with E-state index in [4.69, 9.17) is 0 Å². The monoisotopic (exact) mass is 439 g/mol. The van der Waals surface area contributed by atoms with E-state index in [9.17, 15) is 4.79 Å². The molecule has 5 heteroatoms. The predicted octanol–water partition coefficient (Wildman–Crippen LogP) is 5.62. The number of benzene rings is 2. The van der Waals surface area contributed by atoms with Gasteiger partial charge in [0.1, 0.15) is 0 Å². The number of carbonyl (C=O) groups is 1. The predicted molar refractivity (Wildman–Crippen MR) is 121 cm³/mol. The number of allylic oxidation sites excluding steroid dienone is 1. The number of halogens is 1. The summed E-state index contributed by atoms with van der Waals surface area (Å²) in [6.07, 6.45) is 3.99. The van der Waals surface area contributed by atoms with E-state index in [2.05, 4.69) is 84.2 Å². The number of amides is 1. The van der Waals surface area contributed by atoms with Crippen molar-refractivity contribution in [3.05, 3.63) is 69.7 Å². The quantitative estimate of drug-likeness (QED) is 0.495. The largest absolute Gasteiger partial charge is 0.360 e. The fourth-order valence-electron chi connectivity index (χ4n) is 3.95. The van der Waals surface area contributed by atoms with Crippen LogP contribution in [-0.4, -0.2) is 23.7 Å². The minimum atomic E-state index is -0.237. The molecule has 0 aliphatic carbocycles. The van der Waals surface area contributed by atoms with Gasteiger partial charge in [-0.1, -0.05) is 34.1 Å². The molecule has 0 fully saturated rings. The Morgan fingerprint density at radius 2 is 1.96 bits per heavy atom. The molecule has 1 aliphatic rings. The van der Waals surface area contributed by atoms with Crippen LogP contribution in [-0.2, 0) is 0 Å². The van der Waals surface area contributed by atoms with Gasteiger partial charge in [0.25, 0.3) is 5.91 Å². The summed E-state index contributed by atoms with van der Waals surface area (Å²) in [5, 5.41) is 4.13. The number of carbonyl (C=O) groups excluding carboxylic acids is 1. The molecule has 28 heavy (non-hydrogen) atoms. The third-order valence-electron chi connectivity index (χ3n) is 4.88. The van der Waals surface area contributed by atoms with Crippen molar-refractivity contribution in [2.45, 2.75) is 46.2 Å². The van der Waals surface area contributed by atoms with Crippen molar-refractivity contribution < 1.29 is 4.79 Å². The van der Waals surface area contributed by atoms with Gasteiger partial charge >= 0.3 is 0 Å². The lowest BCUT2D eigenvalue weighted by Gasteiger charge is -2.46. The third kappa shape index (κ3) is 4.20. The van der Waals surface area contributed by atoms with E-state index in [1.165, 1.54) is 16.8 Å². The van der Waals surface area contributed by atoms with Crippen LogP contribution in [0.5, 0.6) is 0 Å². The minimum absolute atomic E-state index is 0.0290. The molecule has 0 saturated carbocycles. The van der Waals surface area contributed by atoms with Crippen molar-refractivity contribution in [2.75, 3.05) is 4.90 Å². The maximum atomic E-state index is 12.2. The zero-order valence-corrected chi connectivity index (χ0v) is 18.5. The third-order valence-corrected chi connectivity index (χ3v) is 5.37. The highest BCUT2D eigenvalue weighted by molar-refractivity contribution is 9.10. The molecule has 0 unspecified atom stereocenters. The smallest absolute Gasteiger partial charge is 0.271 e. The molecule has 1 aliphatic heterocycles. The van der Waals surface area contributed by atoms with E-state index in [1.54, 1.807) is 18.3 Å². The molecule has 2 aromatic rings. The molecule has 0 saturated heterocycles. The molecule has 1 heterocycles. The van der Waals surface area contributed by atoms with Crippen LogP contribution in [0.15, 0.2) is 58.1 Å². The summed E-state index contributed by atoms with van der Waals surface area (Å²) in [5.41, 5.74) is 7.76. The Kier molecular flexibility index (Phi) is 5.75. The van der Waals surface area contributed by atoms with E-state index < -0.39 is 0 Å². The van der Waals surface area contributed by atoms with E-state index in [0.29, 0.717) is 11.6 Å². The fraction of sp³-hybridized carbons (Fsp3) is 0.304. The van der Waals surface area contributed by atoms with Gasteiger partial charge in [0.2, 0.25) is 0 Å². The highest BCUT2D eigenvalue weighted by Gasteiger charge is 2.32. The second-order valence-electron chi connectivity index (χ2n) is 7.93. The minimum Gasteiger partial charge on any atom is -0.360 e. The highest BCUT2D eigenvalue weighted by Crippen LogP contribution is 2.40. The fourth-order valence-corrected chi connectivity index (χ4v) is 4.35.